The highest BCUT2D eigenvalue weighted by molar-refractivity contribution is 7.89. The summed E-state index contributed by atoms with van der Waals surface area (Å²) < 4.78 is 41.2. The first-order chi connectivity index (χ1) is 14.8. The van der Waals surface area contributed by atoms with Gasteiger partial charge in [0.2, 0.25) is 10.0 Å². The van der Waals surface area contributed by atoms with Crippen molar-refractivity contribution in [3.05, 3.63) is 53.6 Å². The molecule has 166 valence electrons. The van der Waals surface area contributed by atoms with Crippen LogP contribution in [0, 0.1) is 6.92 Å². The summed E-state index contributed by atoms with van der Waals surface area (Å²) in [5.41, 5.74) is 5.37. The minimum Gasteiger partial charge on any atom is -0.493 e. The summed E-state index contributed by atoms with van der Waals surface area (Å²) in [4.78, 5) is 11.4. The fourth-order valence-corrected chi connectivity index (χ4v) is 4.92. The molecule has 2 aromatic rings. The lowest BCUT2D eigenvalue weighted by Crippen LogP contribution is -2.38. The van der Waals surface area contributed by atoms with Gasteiger partial charge in [-0.15, -0.1) is 0 Å². The van der Waals surface area contributed by atoms with Gasteiger partial charge in [-0.25, -0.2) is 8.42 Å². The molecule has 0 fully saturated rings. The Morgan fingerprint density at radius 2 is 1.71 bits per heavy atom. The van der Waals surface area contributed by atoms with E-state index < -0.39 is 21.7 Å². The van der Waals surface area contributed by atoms with E-state index in [0.717, 1.165) is 27.8 Å². The van der Waals surface area contributed by atoms with Crippen molar-refractivity contribution in [3.63, 3.8) is 0 Å². The third-order valence-corrected chi connectivity index (χ3v) is 7.10. The van der Waals surface area contributed by atoms with Gasteiger partial charge < -0.3 is 14.2 Å². The van der Waals surface area contributed by atoms with Crippen LogP contribution in [-0.2, 0) is 19.6 Å². The molecular weight excluding hydrogens is 418 g/mol. The Hall–Kier alpha value is -2.84. The summed E-state index contributed by atoms with van der Waals surface area (Å²) >= 11 is 0. The lowest BCUT2D eigenvalue weighted by molar-refractivity contribution is -0.137. The first-order valence-electron chi connectivity index (χ1n) is 9.86. The number of hydrogen-bond acceptors (Lipinski definition) is 6. The molecule has 0 bridgehead atoms. The number of carbonyl (C=O) groups is 1. The lowest BCUT2D eigenvalue weighted by atomic mass is 9.93. The van der Waals surface area contributed by atoms with Gasteiger partial charge in [0.1, 0.15) is 0 Å². The molecule has 0 unspecified atom stereocenters. The molecule has 0 radical (unpaired) electrons. The summed E-state index contributed by atoms with van der Waals surface area (Å²) in [7, 11) is 0.730. The molecule has 1 aliphatic heterocycles. The van der Waals surface area contributed by atoms with Crippen molar-refractivity contribution in [2.24, 2.45) is 0 Å². The van der Waals surface area contributed by atoms with Gasteiger partial charge in [-0.2, -0.15) is 4.31 Å². The van der Waals surface area contributed by atoms with Crippen LogP contribution in [0.3, 0.4) is 0 Å². The van der Waals surface area contributed by atoms with Crippen LogP contribution in [0.15, 0.2) is 42.5 Å². The molecule has 31 heavy (non-hydrogen) atoms. The molecule has 0 amide bonds. The third-order valence-electron chi connectivity index (χ3n) is 5.38. The van der Waals surface area contributed by atoms with Crippen molar-refractivity contribution >= 4 is 21.6 Å². The maximum atomic E-state index is 12.3. The molecule has 0 aliphatic carbocycles. The SMILES string of the molecule is COC(=O)CS(=O)(=O)N1CC=C(c2ccc(-c3ccc(OC)c(OC)c3)c(C)c2)CC1. The summed E-state index contributed by atoms with van der Waals surface area (Å²) in [6.07, 6.45) is 2.48. The van der Waals surface area contributed by atoms with Crippen molar-refractivity contribution in [2.45, 2.75) is 13.3 Å². The monoisotopic (exact) mass is 445 g/mol. The van der Waals surface area contributed by atoms with Gasteiger partial charge in [-0.1, -0.05) is 30.3 Å². The van der Waals surface area contributed by atoms with Gasteiger partial charge in [0.25, 0.3) is 0 Å². The standard InChI is InChI=1S/C23H27NO6S/c1-16-13-18(5-7-20(16)19-6-8-21(28-2)22(14-19)29-3)17-9-11-24(12-10-17)31(26,27)15-23(25)30-4/h5-9,13-14H,10-12,15H2,1-4H3. The number of sulfonamides is 1. The van der Waals surface area contributed by atoms with Crippen molar-refractivity contribution < 1.29 is 27.4 Å². The molecule has 0 saturated heterocycles. The molecular formula is C23H27NO6S. The quantitative estimate of drug-likeness (QED) is 0.609. The van der Waals surface area contributed by atoms with Crippen LogP contribution >= 0.6 is 0 Å². The minimum absolute atomic E-state index is 0.241. The van der Waals surface area contributed by atoms with Crippen molar-refractivity contribution in [2.75, 3.05) is 40.2 Å². The van der Waals surface area contributed by atoms with E-state index in [0.29, 0.717) is 24.5 Å². The molecule has 0 atom stereocenters. The Kier molecular flexibility index (Phi) is 7.02. The number of esters is 1. The Labute approximate surface area is 183 Å². The first kappa shape index (κ1) is 22.8. The number of hydrogen-bond donors (Lipinski definition) is 0. The minimum atomic E-state index is -3.67. The molecule has 1 heterocycles. The number of nitrogens with zero attached hydrogens (tertiary/aromatic N) is 1. The Bertz CT molecular complexity index is 1110. The second-order valence-corrected chi connectivity index (χ2v) is 9.24. The van der Waals surface area contributed by atoms with E-state index in [4.69, 9.17) is 9.47 Å². The van der Waals surface area contributed by atoms with Crippen LogP contribution in [0.2, 0.25) is 0 Å². The van der Waals surface area contributed by atoms with Gasteiger partial charge >= 0.3 is 5.97 Å². The summed E-state index contributed by atoms with van der Waals surface area (Å²) in [5.74, 6) is -0.0336. The number of rotatable bonds is 7. The molecule has 3 rings (SSSR count). The summed E-state index contributed by atoms with van der Waals surface area (Å²) in [5, 5.41) is 0. The topological polar surface area (TPSA) is 82.1 Å². The molecule has 8 heteroatoms. The molecule has 7 nitrogen and oxygen atoms in total. The normalized spacial score (nSPS) is 14.6. The van der Waals surface area contributed by atoms with Crippen molar-refractivity contribution in [1.29, 1.82) is 0 Å². The zero-order valence-electron chi connectivity index (χ0n) is 18.2. The molecule has 0 spiro atoms. The van der Waals surface area contributed by atoms with Crippen LogP contribution in [-0.4, -0.2) is 58.9 Å². The first-order valence-corrected chi connectivity index (χ1v) is 11.5. The summed E-state index contributed by atoms with van der Waals surface area (Å²) in [6.45, 7) is 2.62. The van der Waals surface area contributed by atoms with Crippen LogP contribution in [0.25, 0.3) is 16.7 Å². The highest BCUT2D eigenvalue weighted by Gasteiger charge is 2.27. The van der Waals surface area contributed by atoms with Crippen LogP contribution in [0.1, 0.15) is 17.5 Å². The lowest BCUT2D eigenvalue weighted by Gasteiger charge is -2.25. The molecule has 0 N–H and O–H groups in total. The third kappa shape index (κ3) is 5.08. The molecule has 0 aromatic heterocycles. The van der Waals surface area contributed by atoms with Crippen LogP contribution in [0.4, 0.5) is 0 Å². The molecule has 1 aliphatic rings. The Morgan fingerprint density at radius 3 is 2.29 bits per heavy atom. The average Bonchev–Trinajstić information content (AvgIpc) is 2.78. The fraction of sp³-hybridized carbons (Fsp3) is 0.348. The van der Waals surface area contributed by atoms with Gasteiger partial charge in [-0.3, -0.25) is 4.79 Å². The van der Waals surface area contributed by atoms with E-state index in [9.17, 15) is 13.2 Å². The van der Waals surface area contributed by atoms with Gasteiger partial charge in [0.15, 0.2) is 17.3 Å². The second kappa shape index (κ2) is 9.53. The zero-order valence-corrected chi connectivity index (χ0v) is 19.0. The predicted octanol–water partition coefficient (Wildman–Crippen LogP) is 3.27. The predicted molar refractivity (Wildman–Crippen MR) is 120 cm³/mol. The zero-order chi connectivity index (χ0) is 22.6. The maximum absolute atomic E-state index is 12.3. The van der Waals surface area contributed by atoms with E-state index in [2.05, 4.69) is 16.9 Å². The Morgan fingerprint density at radius 1 is 1.00 bits per heavy atom. The van der Waals surface area contributed by atoms with Crippen LogP contribution < -0.4 is 9.47 Å². The van der Waals surface area contributed by atoms with Gasteiger partial charge in [0, 0.05) is 13.1 Å². The average molecular weight is 446 g/mol. The van der Waals surface area contributed by atoms with E-state index in [-0.39, 0.29) is 6.54 Å². The summed E-state index contributed by atoms with van der Waals surface area (Å²) in [6, 6.07) is 12.0. The van der Waals surface area contributed by atoms with Crippen LogP contribution in [0.5, 0.6) is 11.5 Å². The fourth-order valence-electron chi connectivity index (χ4n) is 3.66. The number of benzene rings is 2. The largest absolute Gasteiger partial charge is 0.493 e. The number of methoxy groups -OCH3 is 3. The number of aryl methyl sites for hydroxylation is 1. The number of carbonyl (C=O) groups excluding carboxylic acids is 1. The van der Waals surface area contributed by atoms with Gasteiger partial charge in [0.05, 0.1) is 21.3 Å². The Balaban J connectivity index is 1.80. The number of ether oxygens (including phenoxy) is 3. The van der Waals surface area contributed by atoms with E-state index in [1.54, 1.807) is 14.2 Å². The molecule has 2 aromatic carbocycles. The maximum Gasteiger partial charge on any atom is 0.322 e. The van der Waals surface area contributed by atoms with E-state index in [1.165, 1.54) is 11.4 Å². The van der Waals surface area contributed by atoms with E-state index >= 15 is 0 Å². The van der Waals surface area contributed by atoms with Crippen molar-refractivity contribution in [1.82, 2.24) is 4.31 Å². The van der Waals surface area contributed by atoms with E-state index in [1.807, 2.05) is 37.3 Å². The highest BCUT2D eigenvalue weighted by Crippen LogP contribution is 2.35. The highest BCUT2D eigenvalue weighted by atomic mass is 32.2. The van der Waals surface area contributed by atoms with Crippen molar-refractivity contribution in [3.8, 4) is 22.6 Å². The second-order valence-electron chi connectivity index (χ2n) is 7.27. The smallest absolute Gasteiger partial charge is 0.322 e. The molecule has 0 saturated carbocycles. The van der Waals surface area contributed by atoms with Gasteiger partial charge in [-0.05, 0) is 53.3 Å².